The van der Waals surface area contributed by atoms with Crippen molar-refractivity contribution in [3.63, 3.8) is 0 Å². The number of nitro groups is 1. The molecule has 1 aromatic rings. The largest absolute Gasteiger partial charge is 0.462 e. The van der Waals surface area contributed by atoms with Gasteiger partial charge in [0.05, 0.1) is 18.1 Å². The zero-order valence-corrected chi connectivity index (χ0v) is 16.5. The van der Waals surface area contributed by atoms with Crippen LogP contribution in [0, 0.1) is 10.1 Å². The van der Waals surface area contributed by atoms with E-state index in [1.165, 1.54) is 24.3 Å². The van der Waals surface area contributed by atoms with Gasteiger partial charge in [0.25, 0.3) is 5.69 Å². The SMILES string of the molecule is O=[N+]([O-])c1ccc(O[C@@H]2O[C@@H]([C@H](O)CO)[C@H](O[C@@H]3O[C@@H]([C@H](O)CO)[C@H](O)[C@H]3O)[C@H]2O)cc1. The van der Waals surface area contributed by atoms with E-state index in [4.69, 9.17) is 24.1 Å². The summed E-state index contributed by atoms with van der Waals surface area (Å²) in [6, 6.07) is 4.87. The lowest BCUT2D eigenvalue weighted by Crippen LogP contribution is -2.46. The predicted octanol–water partition coefficient (Wildman–Crippen LogP) is -3.40. The Balaban J connectivity index is 1.73. The Hall–Kier alpha value is -1.98. The van der Waals surface area contributed by atoms with Crippen molar-refractivity contribution < 1.29 is 59.6 Å². The van der Waals surface area contributed by atoms with Crippen molar-refractivity contribution in [2.75, 3.05) is 13.2 Å². The van der Waals surface area contributed by atoms with E-state index in [2.05, 4.69) is 0 Å². The third-order valence-electron chi connectivity index (χ3n) is 5.21. The molecule has 10 atom stereocenters. The molecular formula is C18H25NO13. The van der Waals surface area contributed by atoms with Crippen LogP contribution in [0.2, 0.25) is 0 Å². The second kappa shape index (κ2) is 10.3. The van der Waals surface area contributed by atoms with Gasteiger partial charge in [0.2, 0.25) is 6.29 Å². The number of nitro benzene ring substituents is 1. The molecule has 0 spiro atoms. The Labute approximate surface area is 180 Å². The molecule has 0 bridgehead atoms. The van der Waals surface area contributed by atoms with Crippen LogP contribution in [-0.2, 0) is 14.2 Å². The molecule has 7 N–H and O–H groups in total. The lowest BCUT2D eigenvalue weighted by atomic mass is 10.0. The topological polar surface area (TPSA) is 222 Å². The summed E-state index contributed by atoms with van der Waals surface area (Å²) in [6.45, 7) is -1.53. The van der Waals surface area contributed by atoms with Gasteiger partial charge in [0.1, 0.15) is 54.6 Å². The fraction of sp³-hybridized carbons (Fsp3) is 0.667. The van der Waals surface area contributed by atoms with Crippen LogP contribution in [0.4, 0.5) is 5.69 Å². The molecule has 14 nitrogen and oxygen atoms in total. The minimum Gasteiger partial charge on any atom is -0.462 e. The fourth-order valence-corrected chi connectivity index (χ4v) is 3.47. The molecule has 1 aromatic carbocycles. The molecule has 0 unspecified atom stereocenters. The molecule has 0 aliphatic carbocycles. The van der Waals surface area contributed by atoms with Gasteiger partial charge < -0.3 is 54.7 Å². The highest BCUT2D eigenvalue weighted by atomic mass is 16.8. The summed E-state index contributed by atoms with van der Waals surface area (Å²) >= 11 is 0. The van der Waals surface area contributed by atoms with Gasteiger partial charge in [-0.15, -0.1) is 0 Å². The van der Waals surface area contributed by atoms with Crippen molar-refractivity contribution in [3.8, 4) is 5.75 Å². The number of rotatable bonds is 9. The Morgan fingerprint density at radius 3 is 2.03 bits per heavy atom. The summed E-state index contributed by atoms with van der Waals surface area (Å²) in [5.74, 6) is 0.0937. The molecule has 0 saturated carbocycles. The van der Waals surface area contributed by atoms with Crippen LogP contribution in [0.5, 0.6) is 5.75 Å². The maximum absolute atomic E-state index is 10.8. The molecule has 32 heavy (non-hydrogen) atoms. The summed E-state index contributed by atoms with van der Waals surface area (Å²) < 4.78 is 21.7. The molecule has 2 aliphatic heterocycles. The third kappa shape index (κ3) is 4.99. The van der Waals surface area contributed by atoms with Gasteiger partial charge in [-0.25, -0.2) is 0 Å². The van der Waals surface area contributed by atoms with Crippen molar-refractivity contribution in [2.45, 2.75) is 61.4 Å². The average Bonchev–Trinajstić information content (AvgIpc) is 3.24. The molecular weight excluding hydrogens is 438 g/mol. The standard InChI is InChI=1S/C18H25NO13/c20-5-9(22)14-11(24)12(25)17(30-14)32-16-13(26)18(31-15(16)10(23)6-21)29-8-3-1-7(2-4-8)19(27)28/h1-4,9-18,20-26H,5-6H2/t9-,10-,11-,12-,13-,14+,15+,16-,17+,18-/m1/s1. The lowest BCUT2D eigenvalue weighted by Gasteiger charge is -2.27. The number of aliphatic hydroxyl groups is 7. The fourth-order valence-electron chi connectivity index (χ4n) is 3.47. The van der Waals surface area contributed by atoms with E-state index in [9.17, 15) is 40.8 Å². The van der Waals surface area contributed by atoms with Crippen LogP contribution >= 0.6 is 0 Å². The number of benzene rings is 1. The van der Waals surface area contributed by atoms with Gasteiger partial charge in [-0.3, -0.25) is 10.1 Å². The number of hydrogen-bond donors (Lipinski definition) is 7. The van der Waals surface area contributed by atoms with E-state index >= 15 is 0 Å². The first-order valence-corrected chi connectivity index (χ1v) is 9.67. The van der Waals surface area contributed by atoms with Gasteiger partial charge in [-0.2, -0.15) is 0 Å². The molecule has 2 aliphatic rings. The van der Waals surface area contributed by atoms with Crippen LogP contribution < -0.4 is 4.74 Å². The lowest BCUT2D eigenvalue weighted by molar-refractivity contribution is -0.384. The molecule has 180 valence electrons. The van der Waals surface area contributed by atoms with Crippen molar-refractivity contribution in [2.24, 2.45) is 0 Å². The quantitative estimate of drug-likeness (QED) is 0.140. The first kappa shape index (κ1) is 24.7. The molecule has 0 amide bonds. The molecule has 2 heterocycles. The maximum atomic E-state index is 10.8. The number of ether oxygens (including phenoxy) is 4. The maximum Gasteiger partial charge on any atom is 0.269 e. The van der Waals surface area contributed by atoms with Crippen LogP contribution in [0.1, 0.15) is 0 Å². The first-order chi connectivity index (χ1) is 15.2. The highest BCUT2D eigenvalue weighted by Gasteiger charge is 2.54. The average molecular weight is 463 g/mol. The van der Waals surface area contributed by atoms with Crippen LogP contribution in [0.3, 0.4) is 0 Å². The summed E-state index contributed by atoms with van der Waals surface area (Å²) in [7, 11) is 0. The molecule has 2 saturated heterocycles. The van der Waals surface area contributed by atoms with E-state index in [1.54, 1.807) is 0 Å². The van der Waals surface area contributed by atoms with Crippen molar-refractivity contribution >= 4 is 5.69 Å². The molecule has 2 fully saturated rings. The first-order valence-electron chi connectivity index (χ1n) is 9.67. The zero-order chi connectivity index (χ0) is 23.6. The molecule has 14 heteroatoms. The van der Waals surface area contributed by atoms with Gasteiger partial charge in [-0.1, -0.05) is 0 Å². The van der Waals surface area contributed by atoms with Crippen LogP contribution in [0.15, 0.2) is 24.3 Å². The van der Waals surface area contributed by atoms with Crippen molar-refractivity contribution in [1.82, 2.24) is 0 Å². The number of nitrogens with zero attached hydrogens (tertiary/aromatic N) is 1. The third-order valence-corrected chi connectivity index (χ3v) is 5.21. The van der Waals surface area contributed by atoms with Gasteiger partial charge >= 0.3 is 0 Å². The predicted molar refractivity (Wildman–Crippen MR) is 100 cm³/mol. The molecule has 0 aromatic heterocycles. The van der Waals surface area contributed by atoms with E-state index in [1.807, 2.05) is 0 Å². The normalized spacial score (nSPS) is 36.7. The van der Waals surface area contributed by atoms with Crippen LogP contribution in [0.25, 0.3) is 0 Å². The molecule has 0 radical (unpaired) electrons. The van der Waals surface area contributed by atoms with E-state index in [0.29, 0.717) is 0 Å². The van der Waals surface area contributed by atoms with Crippen molar-refractivity contribution in [3.05, 3.63) is 34.4 Å². The summed E-state index contributed by atoms with van der Waals surface area (Å²) in [5.41, 5.74) is -0.189. The van der Waals surface area contributed by atoms with E-state index < -0.39 is 79.5 Å². The highest BCUT2D eigenvalue weighted by molar-refractivity contribution is 5.36. The smallest absolute Gasteiger partial charge is 0.269 e. The van der Waals surface area contributed by atoms with Crippen LogP contribution in [-0.4, -0.2) is 115 Å². The number of hydrogen-bond acceptors (Lipinski definition) is 13. The number of aliphatic hydroxyl groups excluding tert-OH is 7. The minimum absolute atomic E-state index is 0.0937. The van der Waals surface area contributed by atoms with Gasteiger partial charge in [0, 0.05) is 12.1 Å². The van der Waals surface area contributed by atoms with E-state index in [-0.39, 0.29) is 11.4 Å². The Kier molecular flexibility index (Phi) is 7.94. The number of non-ortho nitro benzene ring substituents is 1. The Morgan fingerprint density at radius 2 is 1.47 bits per heavy atom. The van der Waals surface area contributed by atoms with Gasteiger partial charge in [-0.05, 0) is 12.1 Å². The van der Waals surface area contributed by atoms with Crippen molar-refractivity contribution in [1.29, 1.82) is 0 Å². The Bertz CT molecular complexity index is 764. The summed E-state index contributed by atoms with van der Waals surface area (Å²) in [5, 5.41) is 79.7. The zero-order valence-electron chi connectivity index (χ0n) is 16.5. The second-order valence-electron chi connectivity index (χ2n) is 7.38. The minimum atomic E-state index is -1.67. The Morgan fingerprint density at radius 1 is 0.906 bits per heavy atom. The highest BCUT2D eigenvalue weighted by Crippen LogP contribution is 2.33. The monoisotopic (exact) mass is 463 g/mol. The van der Waals surface area contributed by atoms with E-state index in [0.717, 1.165) is 0 Å². The van der Waals surface area contributed by atoms with Gasteiger partial charge in [0.15, 0.2) is 6.29 Å². The summed E-state index contributed by atoms with van der Waals surface area (Å²) in [4.78, 5) is 10.1. The second-order valence-corrected chi connectivity index (χ2v) is 7.38. The molecule has 3 rings (SSSR count). The summed E-state index contributed by atoms with van der Waals surface area (Å²) in [6.07, 6.45) is -15.1.